The lowest BCUT2D eigenvalue weighted by Gasteiger charge is -2.22. The summed E-state index contributed by atoms with van der Waals surface area (Å²) in [5, 5.41) is 2.95. The van der Waals surface area contributed by atoms with E-state index in [0.717, 1.165) is 31.6 Å². The Kier molecular flexibility index (Phi) is 4.81. The summed E-state index contributed by atoms with van der Waals surface area (Å²) in [6.45, 7) is 7.33. The van der Waals surface area contributed by atoms with Gasteiger partial charge in [-0.05, 0) is 42.4 Å². The zero-order valence-electron chi connectivity index (χ0n) is 12.7. The SMILES string of the molecule is CC(C)(C)c1ccc(NC(=O)CC2CCCCO2)cc1. The van der Waals surface area contributed by atoms with Crippen molar-refractivity contribution in [3.05, 3.63) is 29.8 Å². The maximum absolute atomic E-state index is 12.0. The van der Waals surface area contributed by atoms with Crippen LogP contribution in [0.3, 0.4) is 0 Å². The molecule has 1 amide bonds. The second-order valence-electron chi connectivity index (χ2n) is 6.57. The molecule has 0 saturated carbocycles. The van der Waals surface area contributed by atoms with Crippen LogP contribution in [0.2, 0.25) is 0 Å². The van der Waals surface area contributed by atoms with E-state index in [4.69, 9.17) is 4.74 Å². The van der Waals surface area contributed by atoms with Crippen LogP contribution in [0, 0.1) is 0 Å². The second kappa shape index (κ2) is 6.40. The minimum absolute atomic E-state index is 0.0420. The maximum Gasteiger partial charge on any atom is 0.226 e. The summed E-state index contributed by atoms with van der Waals surface area (Å²) < 4.78 is 5.59. The van der Waals surface area contributed by atoms with Crippen molar-refractivity contribution >= 4 is 11.6 Å². The van der Waals surface area contributed by atoms with Gasteiger partial charge in [-0.2, -0.15) is 0 Å². The first-order valence-corrected chi connectivity index (χ1v) is 7.47. The average molecular weight is 275 g/mol. The first-order valence-electron chi connectivity index (χ1n) is 7.47. The topological polar surface area (TPSA) is 38.3 Å². The van der Waals surface area contributed by atoms with Crippen LogP contribution in [0.15, 0.2) is 24.3 Å². The molecule has 0 aliphatic carbocycles. The summed E-state index contributed by atoms with van der Waals surface area (Å²) in [5.41, 5.74) is 2.27. The molecular weight excluding hydrogens is 250 g/mol. The van der Waals surface area contributed by atoms with Gasteiger partial charge >= 0.3 is 0 Å². The molecule has 0 bridgehead atoms. The van der Waals surface area contributed by atoms with E-state index < -0.39 is 0 Å². The Bertz CT molecular complexity index is 439. The molecule has 110 valence electrons. The summed E-state index contributed by atoms with van der Waals surface area (Å²) >= 11 is 0. The summed E-state index contributed by atoms with van der Waals surface area (Å²) in [6, 6.07) is 8.10. The smallest absolute Gasteiger partial charge is 0.226 e. The Morgan fingerprint density at radius 3 is 2.50 bits per heavy atom. The minimum atomic E-state index is 0.0420. The molecule has 1 fully saturated rings. The molecule has 3 heteroatoms. The van der Waals surface area contributed by atoms with Gasteiger partial charge in [0.05, 0.1) is 12.5 Å². The molecule has 0 spiro atoms. The van der Waals surface area contributed by atoms with Gasteiger partial charge in [-0.25, -0.2) is 0 Å². The number of nitrogens with one attached hydrogen (secondary N) is 1. The molecule has 1 atom stereocenters. The monoisotopic (exact) mass is 275 g/mol. The van der Waals surface area contributed by atoms with E-state index in [1.165, 1.54) is 5.56 Å². The first kappa shape index (κ1) is 15.0. The molecule has 1 saturated heterocycles. The number of amides is 1. The van der Waals surface area contributed by atoms with Crippen LogP contribution < -0.4 is 5.32 Å². The van der Waals surface area contributed by atoms with E-state index in [1.54, 1.807) is 0 Å². The van der Waals surface area contributed by atoms with Crippen LogP contribution in [0.1, 0.15) is 52.0 Å². The number of ether oxygens (including phenoxy) is 1. The lowest BCUT2D eigenvalue weighted by molar-refractivity contribution is -0.119. The standard InChI is InChI=1S/C17H25NO2/c1-17(2,3)13-7-9-14(10-8-13)18-16(19)12-15-6-4-5-11-20-15/h7-10,15H,4-6,11-12H2,1-3H3,(H,18,19). The summed E-state index contributed by atoms with van der Waals surface area (Å²) in [7, 11) is 0. The molecule has 1 aliphatic rings. The fourth-order valence-corrected chi connectivity index (χ4v) is 2.44. The van der Waals surface area contributed by atoms with E-state index in [0.29, 0.717) is 6.42 Å². The lowest BCUT2D eigenvalue weighted by Crippen LogP contribution is -2.25. The van der Waals surface area contributed by atoms with Crippen molar-refractivity contribution in [1.82, 2.24) is 0 Å². The number of carbonyl (C=O) groups excluding carboxylic acids is 1. The molecule has 0 aromatic heterocycles. The van der Waals surface area contributed by atoms with E-state index in [1.807, 2.05) is 12.1 Å². The lowest BCUT2D eigenvalue weighted by atomic mass is 9.87. The highest BCUT2D eigenvalue weighted by molar-refractivity contribution is 5.91. The molecule has 0 radical (unpaired) electrons. The van der Waals surface area contributed by atoms with E-state index >= 15 is 0 Å². The van der Waals surface area contributed by atoms with Crippen molar-refractivity contribution < 1.29 is 9.53 Å². The van der Waals surface area contributed by atoms with Crippen molar-refractivity contribution in [1.29, 1.82) is 0 Å². The maximum atomic E-state index is 12.0. The highest BCUT2D eigenvalue weighted by atomic mass is 16.5. The van der Waals surface area contributed by atoms with Gasteiger partial charge in [-0.1, -0.05) is 32.9 Å². The van der Waals surface area contributed by atoms with Gasteiger partial charge in [0.1, 0.15) is 0 Å². The second-order valence-corrected chi connectivity index (χ2v) is 6.57. The largest absolute Gasteiger partial charge is 0.378 e. The fourth-order valence-electron chi connectivity index (χ4n) is 2.44. The third kappa shape index (κ3) is 4.34. The Morgan fingerprint density at radius 2 is 1.95 bits per heavy atom. The zero-order chi connectivity index (χ0) is 14.6. The van der Waals surface area contributed by atoms with Crippen LogP contribution in [-0.2, 0) is 14.9 Å². The van der Waals surface area contributed by atoms with Crippen LogP contribution >= 0.6 is 0 Å². The van der Waals surface area contributed by atoms with E-state index in [-0.39, 0.29) is 17.4 Å². The highest BCUT2D eigenvalue weighted by Gasteiger charge is 2.18. The van der Waals surface area contributed by atoms with Crippen molar-refractivity contribution in [2.45, 2.75) is 58.0 Å². The highest BCUT2D eigenvalue weighted by Crippen LogP contribution is 2.23. The number of hydrogen-bond donors (Lipinski definition) is 1. The molecule has 2 rings (SSSR count). The number of rotatable bonds is 3. The Labute approximate surface area is 121 Å². The predicted octanol–water partition coefficient (Wildman–Crippen LogP) is 3.88. The Balaban J connectivity index is 1.87. The third-order valence-corrected chi connectivity index (χ3v) is 3.72. The molecule has 1 aliphatic heterocycles. The average Bonchev–Trinajstić information content (AvgIpc) is 2.39. The minimum Gasteiger partial charge on any atom is -0.378 e. The summed E-state index contributed by atoms with van der Waals surface area (Å²) in [5.74, 6) is 0.0420. The zero-order valence-corrected chi connectivity index (χ0v) is 12.7. The van der Waals surface area contributed by atoms with Gasteiger partial charge < -0.3 is 10.1 Å². The van der Waals surface area contributed by atoms with Crippen molar-refractivity contribution in [3.63, 3.8) is 0 Å². The van der Waals surface area contributed by atoms with Gasteiger partial charge in [-0.3, -0.25) is 4.79 Å². The molecule has 1 unspecified atom stereocenters. The fraction of sp³-hybridized carbons (Fsp3) is 0.588. The van der Waals surface area contributed by atoms with Crippen molar-refractivity contribution in [2.75, 3.05) is 11.9 Å². The van der Waals surface area contributed by atoms with E-state index in [2.05, 4.69) is 38.2 Å². The Hall–Kier alpha value is -1.35. The van der Waals surface area contributed by atoms with Gasteiger partial charge in [0.15, 0.2) is 0 Å². The molecule has 1 N–H and O–H groups in total. The number of hydrogen-bond acceptors (Lipinski definition) is 2. The van der Waals surface area contributed by atoms with Gasteiger partial charge in [0.25, 0.3) is 0 Å². The molecule has 1 heterocycles. The molecule has 1 aromatic rings. The van der Waals surface area contributed by atoms with Crippen LogP contribution in [-0.4, -0.2) is 18.6 Å². The third-order valence-electron chi connectivity index (χ3n) is 3.72. The van der Waals surface area contributed by atoms with Gasteiger partial charge in [0, 0.05) is 12.3 Å². The van der Waals surface area contributed by atoms with E-state index in [9.17, 15) is 4.79 Å². The quantitative estimate of drug-likeness (QED) is 0.909. The number of benzene rings is 1. The molecule has 3 nitrogen and oxygen atoms in total. The summed E-state index contributed by atoms with van der Waals surface area (Å²) in [4.78, 5) is 12.0. The summed E-state index contributed by atoms with van der Waals surface area (Å²) in [6.07, 6.45) is 3.83. The predicted molar refractivity (Wildman–Crippen MR) is 82.0 cm³/mol. The van der Waals surface area contributed by atoms with Gasteiger partial charge in [0.2, 0.25) is 5.91 Å². The van der Waals surface area contributed by atoms with Gasteiger partial charge in [-0.15, -0.1) is 0 Å². The normalized spacial score (nSPS) is 19.6. The molecular formula is C17H25NO2. The number of carbonyl (C=O) groups is 1. The number of anilines is 1. The molecule has 20 heavy (non-hydrogen) atoms. The van der Waals surface area contributed by atoms with Crippen molar-refractivity contribution in [2.24, 2.45) is 0 Å². The first-order chi connectivity index (χ1) is 9.45. The van der Waals surface area contributed by atoms with Crippen LogP contribution in [0.5, 0.6) is 0 Å². The Morgan fingerprint density at radius 1 is 1.25 bits per heavy atom. The molecule has 1 aromatic carbocycles. The van der Waals surface area contributed by atoms with Crippen LogP contribution in [0.25, 0.3) is 0 Å². The van der Waals surface area contributed by atoms with Crippen LogP contribution in [0.4, 0.5) is 5.69 Å². The van der Waals surface area contributed by atoms with Crippen molar-refractivity contribution in [3.8, 4) is 0 Å².